The van der Waals surface area contributed by atoms with Crippen molar-refractivity contribution < 1.29 is 26.3 Å². The average Bonchev–Trinajstić information content (AvgIpc) is 2.14. The summed E-state index contributed by atoms with van der Waals surface area (Å²) in [5.41, 5.74) is 6.12. The van der Waals surface area contributed by atoms with Crippen molar-refractivity contribution in [3.8, 4) is 0 Å². The first kappa shape index (κ1) is 13.6. The minimum Gasteiger partial charge on any atom is -0.398 e. The summed E-state index contributed by atoms with van der Waals surface area (Å²) in [7, 11) is 0. The summed E-state index contributed by atoms with van der Waals surface area (Å²) in [4.78, 5) is 0. The molecule has 0 heterocycles. The summed E-state index contributed by atoms with van der Waals surface area (Å²) in [5, 5.41) is 0. The van der Waals surface area contributed by atoms with Gasteiger partial charge in [0.25, 0.3) is 0 Å². The fraction of sp³-hybridized carbons (Fsp3) is 0.333. The number of hydrogen-bond acceptors (Lipinski definition) is 2. The van der Waals surface area contributed by atoms with Gasteiger partial charge >= 0.3 is 12.4 Å². The van der Waals surface area contributed by atoms with Gasteiger partial charge < -0.3 is 11.5 Å². The molecule has 0 atom stereocenters. The van der Waals surface area contributed by atoms with Crippen LogP contribution in [0, 0.1) is 0 Å². The van der Waals surface area contributed by atoms with Crippen LogP contribution in [0.25, 0.3) is 0 Å². The van der Waals surface area contributed by atoms with Crippen LogP contribution in [0.2, 0.25) is 0 Å². The minimum absolute atomic E-state index is 0.176. The van der Waals surface area contributed by atoms with Gasteiger partial charge in [0.05, 0.1) is 11.1 Å². The van der Waals surface area contributed by atoms with Gasteiger partial charge in [0.1, 0.15) is 0 Å². The average molecular weight is 258 g/mol. The van der Waals surface area contributed by atoms with Gasteiger partial charge in [-0.15, -0.1) is 0 Å². The minimum atomic E-state index is -5.12. The van der Waals surface area contributed by atoms with E-state index in [0.717, 1.165) is 0 Å². The predicted octanol–water partition coefficient (Wildman–Crippen LogP) is 2.77. The third kappa shape index (κ3) is 2.82. The van der Waals surface area contributed by atoms with Crippen molar-refractivity contribution >= 4 is 5.69 Å². The van der Waals surface area contributed by atoms with Crippen molar-refractivity contribution in [3.05, 3.63) is 28.8 Å². The van der Waals surface area contributed by atoms with E-state index in [1.165, 1.54) is 0 Å². The molecule has 1 aromatic carbocycles. The Labute approximate surface area is 92.2 Å². The number of alkyl halides is 6. The Morgan fingerprint density at radius 3 is 1.65 bits per heavy atom. The first-order chi connectivity index (χ1) is 7.57. The maximum atomic E-state index is 12.4. The number of nitrogen functional groups attached to an aromatic ring is 1. The summed E-state index contributed by atoms with van der Waals surface area (Å²) in [6, 6.07) is 0.586. The van der Waals surface area contributed by atoms with Crippen LogP contribution in [-0.4, -0.2) is 0 Å². The van der Waals surface area contributed by atoms with Crippen molar-refractivity contribution in [2.75, 3.05) is 5.73 Å². The fourth-order valence-corrected chi connectivity index (χ4v) is 1.31. The molecule has 0 spiro atoms. The van der Waals surface area contributed by atoms with Gasteiger partial charge in [0, 0.05) is 12.2 Å². The normalized spacial score (nSPS) is 12.9. The number of anilines is 1. The number of benzene rings is 1. The van der Waals surface area contributed by atoms with Crippen molar-refractivity contribution in [3.63, 3.8) is 0 Å². The Hall–Kier alpha value is -1.44. The molecule has 17 heavy (non-hydrogen) atoms. The Morgan fingerprint density at radius 1 is 0.882 bits per heavy atom. The molecule has 1 aromatic rings. The van der Waals surface area contributed by atoms with E-state index in [-0.39, 0.29) is 18.2 Å². The second kappa shape index (κ2) is 4.10. The van der Waals surface area contributed by atoms with E-state index in [1.54, 1.807) is 0 Å². The molecule has 0 saturated carbocycles. The monoisotopic (exact) mass is 258 g/mol. The first-order valence-corrected chi connectivity index (χ1v) is 4.34. The predicted molar refractivity (Wildman–Crippen MR) is 48.7 cm³/mol. The van der Waals surface area contributed by atoms with E-state index in [9.17, 15) is 26.3 Å². The molecule has 0 aliphatic heterocycles. The highest BCUT2D eigenvalue weighted by atomic mass is 19.4. The highest BCUT2D eigenvalue weighted by Gasteiger charge is 2.43. The summed E-state index contributed by atoms with van der Waals surface area (Å²) in [6.45, 7) is -0.368. The van der Waals surface area contributed by atoms with Crippen molar-refractivity contribution in [2.45, 2.75) is 18.9 Å². The Morgan fingerprint density at radius 2 is 1.29 bits per heavy atom. The van der Waals surface area contributed by atoms with Crippen molar-refractivity contribution in [1.82, 2.24) is 0 Å². The molecule has 0 bridgehead atoms. The lowest BCUT2D eigenvalue weighted by Gasteiger charge is -2.17. The SMILES string of the molecule is NCc1cc(C(F)(F)F)c(C(F)(F)F)cc1N. The number of rotatable bonds is 1. The molecular formula is C9H8F6N2. The van der Waals surface area contributed by atoms with Crippen LogP contribution in [-0.2, 0) is 18.9 Å². The van der Waals surface area contributed by atoms with E-state index in [0.29, 0.717) is 6.07 Å². The molecule has 0 aromatic heterocycles. The molecule has 0 fully saturated rings. The quantitative estimate of drug-likeness (QED) is 0.601. The lowest BCUT2D eigenvalue weighted by Crippen LogP contribution is -2.18. The van der Waals surface area contributed by atoms with Crippen LogP contribution in [0.5, 0.6) is 0 Å². The van der Waals surface area contributed by atoms with E-state index in [2.05, 4.69) is 0 Å². The maximum Gasteiger partial charge on any atom is 0.417 e. The molecule has 4 N–H and O–H groups in total. The molecule has 8 heteroatoms. The first-order valence-electron chi connectivity index (χ1n) is 4.34. The van der Waals surface area contributed by atoms with Crippen LogP contribution in [0.15, 0.2) is 12.1 Å². The van der Waals surface area contributed by atoms with Crippen LogP contribution < -0.4 is 11.5 Å². The topological polar surface area (TPSA) is 52.0 Å². The molecule has 0 radical (unpaired) electrons. The van der Waals surface area contributed by atoms with Gasteiger partial charge in [-0.2, -0.15) is 26.3 Å². The second-order valence-electron chi connectivity index (χ2n) is 3.30. The van der Waals surface area contributed by atoms with Gasteiger partial charge in [-0.25, -0.2) is 0 Å². The highest BCUT2D eigenvalue weighted by Crippen LogP contribution is 2.41. The molecule has 0 amide bonds. The lowest BCUT2D eigenvalue weighted by molar-refractivity contribution is -0.162. The third-order valence-electron chi connectivity index (χ3n) is 2.11. The number of hydrogen-bond donors (Lipinski definition) is 2. The van der Waals surface area contributed by atoms with Gasteiger partial charge in [-0.1, -0.05) is 0 Å². The third-order valence-corrected chi connectivity index (χ3v) is 2.11. The Bertz CT molecular complexity index is 421. The second-order valence-corrected chi connectivity index (χ2v) is 3.30. The van der Waals surface area contributed by atoms with Gasteiger partial charge in [0.2, 0.25) is 0 Å². The molecule has 0 unspecified atom stereocenters. The summed E-state index contributed by atoms with van der Waals surface area (Å²) in [5.74, 6) is 0. The summed E-state index contributed by atoms with van der Waals surface area (Å²) < 4.78 is 74.6. The summed E-state index contributed by atoms with van der Waals surface area (Å²) >= 11 is 0. The molecule has 0 aliphatic rings. The van der Waals surface area contributed by atoms with Crippen molar-refractivity contribution in [1.29, 1.82) is 0 Å². The van der Waals surface area contributed by atoms with E-state index >= 15 is 0 Å². The zero-order valence-corrected chi connectivity index (χ0v) is 8.28. The molecule has 1 rings (SSSR count). The molecule has 96 valence electrons. The number of nitrogens with two attached hydrogens (primary N) is 2. The molecule has 0 aliphatic carbocycles. The standard InChI is InChI=1S/C9H8F6N2/c10-8(11,12)5-1-4(3-16)7(17)2-6(5)9(13,14)15/h1-2H,3,16-17H2. The molecule has 0 saturated heterocycles. The smallest absolute Gasteiger partial charge is 0.398 e. The van der Waals surface area contributed by atoms with E-state index in [4.69, 9.17) is 11.5 Å². The van der Waals surface area contributed by atoms with Crippen LogP contribution in [0.4, 0.5) is 32.0 Å². The van der Waals surface area contributed by atoms with E-state index in [1.807, 2.05) is 0 Å². The largest absolute Gasteiger partial charge is 0.417 e. The zero-order chi connectivity index (χ0) is 13.4. The lowest BCUT2D eigenvalue weighted by atomic mass is 10.0. The van der Waals surface area contributed by atoms with Gasteiger partial charge in [-0.3, -0.25) is 0 Å². The highest BCUT2D eigenvalue weighted by molar-refractivity contribution is 5.53. The van der Waals surface area contributed by atoms with E-state index < -0.39 is 29.2 Å². The zero-order valence-electron chi connectivity index (χ0n) is 8.28. The molecule has 2 nitrogen and oxygen atoms in total. The molecular weight excluding hydrogens is 250 g/mol. The maximum absolute atomic E-state index is 12.4. The fourth-order valence-electron chi connectivity index (χ4n) is 1.31. The van der Waals surface area contributed by atoms with Crippen molar-refractivity contribution in [2.24, 2.45) is 5.73 Å². The Balaban J connectivity index is 3.54. The Kier molecular flexibility index (Phi) is 3.28. The van der Waals surface area contributed by atoms with Gasteiger partial charge in [0.15, 0.2) is 0 Å². The van der Waals surface area contributed by atoms with Crippen LogP contribution >= 0.6 is 0 Å². The van der Waals surface area contributed by atoms with Crippen LogP contribution in [0.3, 0.4) is 0 Å². The summed E-state index contributed by atoms with van der Waals surface area (Å²) in [6.07, 6.45) is -10.2. The van der Waals surface area contributed by atoms with Crippen LogP contribution in [0.1, 0.15) is 16.7 Å². The number of halogens is 6. The van der Waals surface area contributed by atoms with Gasteiger partial charge in [-0.05, 0) is 17.7 Å².